The molecule has 1 aromatic carbocycles. The molecule has 0 aliphatic heterocycles. The number of nitrogens with zero attached hydrogens (tertiary/aromatic N) is 2. The zero-order valence-corrected chi connectivity index (χ0v) is 16.8. The van der Waals surface area contributed by atoms with Crippen molar-refractivity contribution in [2.24, 2.45) is 0 Å². The number of benzene rings is 1. The smallest absolute Gasteiger partial charge is 0.237 e. The summed E-state index contributed by atoms with van der Waals surface area (Å²) in [6.45, 7) is 15.9. The Morgan fingerprint density at radius 3 is 2.25 bits per heavy atom. The van der Waals surface area contributed by atoms with E-state index in [0.29, 0.717) is 19.7 Å². The summed E-state index contributed by atoms with van der Waals surface area (Å²) in [5, 5.41) is 0. The van der Waals surface area contributed by atoms with Gasteiger partial charge in [0.05, 0.1) is 12.6 Å². The monoisotopic (exact) mass is 356 g/mol. The molecule has 0 bridgehead atoms. The second kappa shape index (κ2) is 11.3. The Hall–Kier alpha value is -1.26. The van der Waals surface area contributed by atoms with Gasteiger partial charge in [0.2, 0.25) is 5.91 Å². The average molecular weight is 357 g/mol. The maximum atomic E-state index is 12.5. The first-order chi connectivity index (χ1) is 10.9. The third-order valence-corrected chi connectivity index (χ3v) is 4.26. The number of rotatable bonds is 9. The van der Waals surface area contributed by atoms with Gasteiger partial charge in [-0.15, -0.1) is 12.4 Å². The van der Waals surface area contributed by atoms with Crippen LogP contribution in [0, 0.1) is 13.8 Å². The van der Waals surface area contributed by atoms with Crippen molar-refractivity contribution in [2.75, 3.05) is 32.8 Å². The molecule has 24 heavy (non-hydrogen) atoms. The minimum atomic E-state index is 0. The van der Waals surface area contributed by atoms with Crippen LogP contribution in [-0.4, -0.2) is 54.5 Å². The first-order valence-electron chi connectivity index (χ1n) is 8.64. The summed E-state index contributed by atoms with van der Waals surface area (Å²) in [6.07, 6.45) is 0. The first kappa shape index (κ1) is 22.7. The number of likely N-dealkylation sites (N-methyl/N-ethyl adjacent to an activating group) is 2. The van der Waals surface area contributed by atoms with Crippen molar-refractivity contribution in [2.45, 2.75) is 47.6 Å². The second-order valence-electron chi connectivity index (χ2n) is 6.07. The number of halogens is 1. The van der Waals surface area contributed by atoms with Crippen molar-refractivity contribution in [3.8, 4) is 5.75 Å². The molecule has 0 radical (unpaired) electrons. The van der Waals surface area contributed by atoms with Crippen molar-refractivity contribution < 1.29 is 9.53 Å². The first-order valence-corrected chi connectivity index (χ1v) is 8.64. The molecule has 138 valence electrons. The van der Waals surface area contributed by atoms with Crippen molar-refractivity contribution in [1.82, 2.24) is 9.80 Å². The van der Waals surface area contributed by atoms with Gasteiger partial charge in [0, 0.05) is 6.54 Å². The number of hydrogen-bond acceptors (Lipinski definition) is 3. The molecule has 0 saturated heterocycles. The van der Waals surface area contributed by atoms with Crippen LogP contribution in [0.3, 0.4) is 0 Å². The van der Waals surface area contributed by atoms with E-state index in [9.17, 15) is 4.79 Å². The van der Waals surface area contributed by atoms with Gasteiger partial charge in [-0.1, -0.05) is 31.5 Å². The van der Waals surface area contributed by atoms with E-state index in [2.05, 4.69) is 44.7 Å². The molecule has 0 spiro atoms. The molecule has 0 aliphatic carbocycles. The molecule has 0 N–H and O–H groups in total. The molecule has 0 aromatic heterocycles. The highest BCUT2D eigenvalue weighted by Gasteiger charge is 2.20. The van der Waals surface area contributed by atoms with Gasteiger partial charge in [0.15, 0.2) is 0 Å². The van der Waals surface area contributed by atoms with Crippen LogP contribution in [0.4, 0.5) is 0 Å². The standard InChI is InChI=1S/C19H32N2O2.ClH/c1-7-20(8-2)13-19(22)21(9-3)17(6)14-23-18-11-10-15(4)12-16(18)5;/h10-12,17H,7-9,13-14H2,1-6H3;1H. The van der Waals surface area contributed by atoms with Crippen LogP contribution in [-0.2, 0) is 4.79 Å². The fraction of sp³-hybridized carbons (Fsp3) is 0.632. The van der Waals surface area contributed by atoms with Crippen LogP contribution in [0.15, 0.2) is 18.2 Å². The molecule has 1 amide bonds. The summed E-state index contributed by atoms with van der Waals surface area (Å²) in [5.74, 6) is 1.07. The Morgan fingerprint density at radius 2 is 1.75 bits per heavy atom. The van der Waals surface area contributed by atoms with E-state index in [1.807, 2.05) is 24.8 Å². The van der Waals surface area contributed by atoms with Crippen LogP contribution in [0.2, 0.25) is 0 Å². The van der Waals surface area contributed by atoms with E-state index in [-0.39, 0.29) is 24.4 Å². The summed E-state index contributed by atoms with van der Waals surface area (Å²) in [7, 11) is 0. The van der Waals surface area contributed by atoms with Crippen LogP contribution < -0.4 is 4.74 Å². The molecule has 0 heterocycles. The highest BCUT2D eigenvalue weighted by Crippen LogP contribution is 2.19. The Bertz CT molecular complexity index is 504. The molecular weight excluding hydrogens is 324 g/mol. The summed E-state index contributed by atoms with van der Waals surface area (Å²) < 4.78 is 5.94. The number of carbonyl (C=O) groups is 1. The quantitative estimate of drug-likeness (QED) is 0.676. The molecular formula is C19H33ClN2O2. The van der Waals surface area contributed by atoms with E-state index in [1.165, 1.54) is 5.56 Å². The SMILES string of the molecule is CCN(CC)CC(=O)N(CC)C(C)COc1ccc(C)cc1C.Cl. The molecule has 5 heteroatoms. The molecule has 1 rings (SSSR count). The third-order valence-electron chi connectivity index (χ3n) is 4.26. The predicted molar refractivity (Wildman–Crippen MR) is 103 cm³/mol. The van der Waals surface area contributed by atoms with E-state index in [1.54, 1.807) is 0 Å². The zero-order valence-electron chi connectivity index (χ0n) is 16.0. The molecule has 0 saturated carbocycles. The van der Waals surface area contributed by atoms with Gasteiger partial charge in [0.25, 0.3) is 0 Å². The number of aryl methyl sites for hydroxylation is 2. The van der Waals surface area contributed by atoms with E-state index >= 15 is 0 Å². The number of hydrogen-bond donors (Lipinski definition) is 0. The van der Waals surface area contributed by atoms with Gasteiger partial charge in [-0.05, 0) is 52.4 Å². The van der Waals surface area contributed by atoms with Crippen molar-refractivity contribution in [3.05, 3.63) is 29.3 Å². The second-order valence-corrected chi connectivity index (χ2v) is 6.07. The molecule has 1 unspecified atom stereocenters. The number of carbonyl (C=O) groups excluding carboxylic acids is 1. The number of ether oxygens (including phenoxy) is 1. The van der Waals surface area contributed by atoms with Gasteiger partial charge in [-0.25, -0.2) is 0 Å². The molecule has 4 nitrogen and oxygen atoms in total. The molecule has 1 aromatic rings. The Morgan fingerprint density at radius 1 is 1.12 bits per heavy atom. The summed E-state index contributed by atoms with van der Waals surface area (Å²) >= 11 is 0. The molecule has 1 atom stereocenters. The lowest BCUT2D eigenvalue weighted by Gasteiger charge is -2.30. The van der Waals surface area contributed by atoms with Gasteiger partial charge in [-0.2, -0.15) is 0 Å². The van der Waals surface area contributed by atoms with Crippen LogP contribution in [0.25, 0.3) is 0 Å². The Kier molecular flexibility index (Phi) is 10.7. The van der Waals surface area contributed by atoms with Gasteiger partial charge in [-0.3, -0.25) is 9.69 Å². The zero-order chi connectivity index (χ0) is 17.4. The molecule has 0 fully saturated rings. The topological polar surface area (TPSA) is 32.8 Å². The normalized spacial score (nSPS) is 11.8. The maximum absolute atomic E-state index is 12.5. The largest absolute Gasteiger partial charge is 0.491 e. The average Bonchev–Trinajstić information content (AvgIpc) is 2.52. The van der Waals surface area contributed by atoms with Crippen molar-refractivity contribution >= 4 is 18.3 Å². The fourth-order valence-corrected chi connectivity index (χ4v) is 2.72. The van der Waals surface area contributed by atoms with Gasteiger partial charge < -0.3 is 9.64 Å². The predicted octanol–water partition coefficient (Wildman–Crippen LogP) is 3.68. The van der Waals surface area contributed by atoms with E-state index in [4.69, 9.17) is 4.74 Å². The van der Waals surface area contributed by atoms with Crippen LogP contribution in [0.1, 0.15) is 38.8 Å². The Balaban J connectivity index is 0.00000529. The van der Waals surface area contributed by atoms with Crippen molar-refractivity contribution in [1.29, 1.82) is 0 Å². The van der Waals surface area contributed by atoms with E-state index < -0.39 is 0 Å². The van der Waals surface area contributed by atoms with E-state index in [0.717, 1.165) is 24.4 Å². The van der Waals surface area contributed by atoms with Gasteiger partial charge in [0.1, 0.15) is 12.4 Å². The molecule has 0 aliphatic rings. The lowest BCUT2D eigenvalue weighted by atomic mass is 10.1. The fourth-order valence-electron chi connectivity index (χ4n) is 2.72. The lowest BCUT2D eigenvalue weighted by Crippen LogP contribution is -2.46. The minimum Gasteiger partial charge on any atom is -0.491 e. The summed E-state index contributed by atoms with van der Waals surface area (Å²) in [6, 6.07) is 6.23. The van der Waals surface area contributed by atoms with Gasteiger partial charge >= 0.3 is 0 Å². The number of amides is 1. The Labute approximate surface area is 153 Å². The van der Waals surface area contributed by atoms with Crippen LogP contribution in [0.5, 0.6) is 5.75 Å². The third kappa shape index (κ3) is 6.70. The minimum absolute atomic E-state index is 0. The summed E-state index contributed by atoms with van der Waals surface area (Å²) in [4.78, 5) is 16.5. The van der Waals surface area contributed by atoms with Crippen LogP contribution >= 0.6 is 12.4 Å². The highest BCUT2D eigenvalue weighted by molar-refractivity contribution is 5.85. The highest BCUT2D eigenvalue weighted by atomic mass is 35.5. The maximum Gasteiger partial charge on any atom is 0.237 e. The van der Waals surface area contributed by atoms with Crippen molar-refractivity contribution in [3.63, 3.8) is 0 Å². The summed E-state index contributed by atoms with van der Waals surface area (Å²) in [5.41, 5.74) is 2.36. The lowest BCUT2D eigenvalue weighted by molar-refractivity contribution is -0.134.